The summed E-state index contributed by atoms with van der Waals surface area (Å²) < 4.78 is 5.72. The molecule has 1 saturated heterocycles. The van der Waals surface area contributed by atoms with E-state index < -0.39 is 0 Å². The van der Waals surface area contributed by atoms with Crippen LogP contribution in [0.15, 0.2) is 48.5 Å². The van der Waals surface area contributed by atoms with Crippen LogP contribution in [0.3, 0.4) is 0 Å². The summed E-state index contributed by atoms with van der Waals surface area (Å²) in [6, 6.07) is 15.4. The van der Waals surface area contributed by atoms with Crippen LogP contribution in [-0.4, -0.2) is 47.9 Å². The van der Waals surface area contributed by atoms with E-state index in [9.17, 15) is 9.59 Å². The van der Waals surface area contributed by atoms with Crippen molar-refractivity contribution >= 4 is 29.3 Å². The summed E-state index contributed by atoms with van der Waals surface area (Å²) in [5.74, 6) is 3.05. The first kappa shape index (κ1) is 21.2. The molecule has 0 aliphatic carbocycles. The Bertz CT molecular complexity index is 817. The van der Waals surface area contributed by atoms with Gasteiger partial charge in [-0.2, -0.15) is 11.8 Å². The summed E-state index contributed by atoms with van der Waals surface area (Å²) in [7, 11) is 0. The van der Waals surface area contributed by atoms with E-state index in [2.05, 4.69) is 5.32 Å². The number of para-hydroxylation sites is 1. The number of nitrogens with one attached hydrogen (secondary N) is 1. The third kappa shape index (κ3) is 6.82. The van der Waals surface area contributed by atoms with Crippen LogP contribution in [0.2, 0.25) is 0 Å². The molecule has 0 aromatic heterocycles. The Hall–Kier alpha value is -2.47. The average Bonchev–Trinajstić information content (AvgIpc) is 2.74. The molecular weight excluding hydrogens is 384 g/mol. The molecule has 0 bridgehead atoms. The number of hydrogen-bond donors (Lipinski definition) is 1. The van der Waals surface area contributed by atoms with Crippen molar-refractivity contribution in [3.05, 3.63) is 59.7 Å². The van der Waals surface area contributed by atoms with Gasteiger partial charge in [0.15, 0.2) is 0 Å². The van der Waals surface area contributed by atoms with Crippen molar-refractivity contribution in [2.45, 2.75) is 26.2 Å². The zero-order chi connectivity index (χ0) is 20.5. The lowest BCUT2D eigenvalue weighted by molar-refractivity contribution is -0.130. The van der Waals surface area contributed by atoms with Crippen molar-refractivity contribution in [1.29, 1.82) is 0 Å². The van der Waals surface area contributed by atoms with Crippen LogP contribution in [0.1, 0.15) is 24.0 Å². The van der Waals surface area contributed by atoms with Crippen molar-refractivity contribution in [2.75, 3.05) is 36.5 Å². The van der Waals surface area contributed by atoms with Crippen molar-refractivity contribution in [2.24, 2.45) is 0 Å². The molecule has 5 nitrogen and oxygen atoms in total. The van der Waals surface area contributed by atoms with E-state index in [1.807, 2.05) is 72.1 Å². The number of amides is 2. The predicted octanol–water partition coefficient (Wildman–Crippen LogP) is 3.91. The van der Waals surface area contributed by atoms with Crippen molar-refractivity contribution in [3.63, 3.8) is 0 Å². The summed E-state index contributed by atoms with van der Waals surface area (Å²) in [6.45, 7) is 4.19. The monoisotopic (exact) mass is 412 g/mol. The number of carbonyl (C=O) groups is 2. The summed E-state index contributed by atoms with van der Waals surface area (Å²) in [6.07, 6.45) is 1.47. The SMILES string of the molecule is Cc1ccccc1OCCCC(=O)Nc1ccc(CC(=O)N2CCSCC2)cc1. The lowest BCUT2D eigenvalue weighted by atomic mass is 10.1. The molecule has 0 radical (unpaired) electrons. The van der Waals surface area contributed by atoms with Crippen LogP contribution in [0.5, 0.6) is 5.75 Å². The Balaban J connectivity index is 1.38. The van der Waals surface area contributed by atoms with Gasteiger partial charge in [0.25, 0.3) is 0 Å². The molecule has 0 unspecified atom stereocenters. The Morgan fingerprint density at radius 1 is 1.07 bits per heavy atom. The van der Waals surface area contributed by atoms with Gasteiger partial charge in [-0.3, -0.25) is 9.59 Å². The fourth-order valence-electron chi connectivity index (χ4n) is 3.16. The molecule has 0 atom stereocenters. The second kappa shape index (κ2) is 10.9. The van der Waals surface area contributed by atoms with E-state index in [-0.39, 0.29) is 11.8 Å². The van der Waals surface area contributed by atoms with Gasteiger partial charge in [0.2, 0.25) is 11.8 Å². The molecule has 2 aromatic rings. The number of rotatable bonds is 8. The number of aryl methyl sites for hydroxylation is 1. The summed E-state index contributed by atoms with van der Waals surface area (Å²) in [4.78, 5) is 26.4. The molecule has 1 N–H and O–H groups in total. The number of hydrogen-bond acceptors (Lipinski definition) is 4. The summed E-state index contributed by atoms with van der Waals surface area (Å²) >= 11 is 1.89. The number of nitrogens with zero attached hydrogens (tertiary/aromatic N) is 1. The van der Waals surface area contributed by atoms with E-state index in [1.165, 1.54) is 0 Å². The average molecular weight is 413 g/mol. The van der Waals surface area contributed by atoms with E-state index in [1.54, 1.807) is 0 Å². The largest absolute Gasteiger partial charge is 0.493 e. The highest BCUT2D eigenvalue weighted by Crippen LogP contribution is 2.17. The van der Waals surface area contributed by atoms with Crippen molar-refractivity contribution in [1.82, 2.24) is 4.90 Å². The molecule has 6 heteroatoms. The maximum absolute atomic E-state index is 12.3. The number of benzene rings is 2. The number of carbonyl (C=O) groups excluding carboxylic acids is 2. The van der Waals surface area contributed by atoms with E-state index in [0.717, 1.165) is 47.2 Å². The first-order valence-corrected chi connectivity index (χ1v) is 11.2. The summed E-state index contributed by atoms with van der Waals surface area (Å²) in [5, 5.41) is 2.90. The Morgan fingerprint density at radius 3 is 2.52 bits per heavy atom. The summed E-state index contributed by atoms with van der Waals surface area (Å²) in [5.41, 5.74) is 2.81. The van der Waals surface area contributed by atoms with Crippen LogP contribution >= 0.6 is 11.8 Å². The maximum atomic E-state index is 12.3. The van der Waals surface area contributed by atoms with Gasteiger partial charge in [-0.25, -0.2) is 0 Å². The first-order chi connectivity index (χ1) is 14.1. The van der Waals surface area contributed by atoms with Gasteiger partial charge in [-0.1, -0.05) is 30.3 Å². The molecule has 0 saturated carbocycles. The molecule has 1 heterocycles. The third-order valence-electron chi connectivity index (χ3n) is 4.86. The molecule has 1 aliphatic heterocycles. The highest BCUT2D eigenvalue weighted by molar-refractivity contribution is 7.99. The molecule has 3 rings (SSSR count). The third-order valence-corrected chi connectivity index (χ3v) is 5.80. The smallest absolute Gasteiger partial charge is 0.227 e. The number of ether oxygens (including phenoxy) is 1. The molecule has 1 fully saturated rings. The van der Waals surface area contributed by atoms with E-state index >= 15 is 0 Å². The van der Waals surface area contributed by atoms with Gasteiger partial charge >= 0.3 is 0 Å². The Kier molecular flexibility index (Phi) is 7.99. The van der Waals surface area contributed by atoms with Crippen LogP contribution < -0.4 is 10.1 Å². The molecular formula is C23H28N2O3S. The predicted molar refractivity (Wildman–Crippen MR) is 119 cm³/mol. The topological polar surface area (TPSA) is 58.6 Å². The van der Waals surface area contributed by atoms with Gasteiger partial charge in [-0.05, 0) is 42.7 Å². The number of anilines is 1. The molecule has 1 aliphatic rings. The molecule has 2 amide bonds. The van der Waals surface area contributed by atoms with Gasteiger partial charge in [0.05, 0.1) is 13.0 Å². The van der Waals surface area contributed by atoms with Crippen LogP contribution in [0, 0.1) is 6.92 Å². The lowest BCUT2D eigenvalue weighted by Crippen LogP contribution is -2.38. The lowest BCUT2D eigenvalue weighted by Gasteiger charge is -2.26. The highest BCUT2D eigenvalue weighted by atomic mass is 32.2. The zero-order valence-electron chi connectivity index (χ0n) is 16.9. The molecule has 29 heavy (non-hydrogen) atoms. The van der Waals surface area contributed by atoms with E-state index in [0.29, 0.717) is 25.9 Å². The van der Waals surface area contributed by atoms with Crippen molar-refractivity contribution in [3.8, 4) is 5.75 Å². The quantitative estimate of drug-likeness (QED) is 0.668. The molecule has 2 aromatic carbocycles. The van der Waals surface area contributed by atoms with Crippen LogP contribution in [0.25, 0.3) is 0 Å². The van der Waals surface area contributed by atoms with Gasteiger partial charge in [0.1, 0.15) is 5.75 Å². The van der Waals surface area contributed by atoms with Crippen LogP contribution in [-0.2, 0) is 16.0 Å². The van der Waals surface area contributed by atoms with Gasteiger partial charge in [0, 0.05) is 36.7 Å². The molecule has 154 valence electrons. The molecule has 0 spiro atoms. The fourth-order valence-corrected chi connectivity index (χ4v) is 4.06. The van der Waals surface area contributed by atoms with Crippen LogP contribution in [0.4, 0.5) is 5.69 Å². The second-order valence-electron chi connectivity index (χ2n) is 7.13. The Labute approximate surface area is 176 Å². The number of thioether (sulfide) groups is 1. The van der Waals surface area contributed by atoms with Gasteiger partial charge in [-0.15, -0.1) is 0 Å². The van der Waals surface area contributed by atoms with Crippen molar-refractivity contribution < 1.29 is 14.3 Å². The fraction of sp³-hybridized carbons (Fsp3) is 0.391. The minimum Gasteiger partial charge on any atom is -0.493 e. The normalized spacial score (nSPS) is 13.8. The standard InChI is InChI=1S/C23H28N2O3S/c1-18-5-2-3-6-21(18)28-14-4-7-22(26)24-20-10-8-19(9-11-20)17-23(27)25-12-15-29-16-13-25/h2-3,5-6,8-11H,4,7,12-17H2,1H3,(H,24,26). The van der Waals surface area contributed by atoms with Gasteiger partial charge < -0.3 is 15.0 Å². The maximum Gasteiger partial charge on any atom is 0.227 e. The minimum atomic E-state index is -0.0342. The Morgan fingerprint density at radius 2 is 1.79 bits per heavy atom. The van der Waals surface area contributed by atoms with E-state index in [4.69, 9.17) is 4.74 Å². The zero-order valence-corrected chi connectivity index (χ0v) is 17.7. The highest BCUT2D eigenvalue weighted by Gasteiger charge is 2.16. The first-order valence-electron chi connectivity index (χ1n) is 10.0. The minimum absolute atomic E-state index is 0.0342. The second-order valence-corrected chi connectivity index (χ2v) is 8.36.